The lowest BCUT2D eigenvalue weighted by atomic mass is 9.77. The topological polar surface area (TPSA) is 70.2 Å². The van der Waals surface area contributed by atoms with Gasteiger partial charge >= 0.3 is 0 Å². The third kappa shape index (κ3) is 5.61. The molecule has 3 N–H and O–H groups in total. The summed E-state index contributed by atoms with van der Waals surface area (Å²) in [6.07, 6.45) is 3.94. The van der Waals surface area contributed by atoms with Gasteiger partial charge in [0.15, 0.2) is 0 Å². The molecule has 0 saturated carbocycles. The number of amides is 2. The number of hydrogen-bond acceptors (Lipinski definition) is 3. The highest BCUT2D eigenvalue weighted by Crippen LogP contribution is 2.30. The summed E-state index contributed by atoms with van der Waals surface area (Å²) in [7, 11) is 0. The molecule has 0 radical (unpaired) electrons. The monoisotopic (exact) mass is 331 g/mol. The van der Waals surface area contributed by atoms with E-state index in [2.05, 4.69) is 22.5 Å². The van der Waals surface area contributed by atoms with Crippen LogP contribution in [-0.4, -0.2) is 36.0 Å². The average Bonchev–Trinajstić information content (AvgIpc) is 2.85. The normalized spacial score (nSPS) is 20.5. The van der Waals surface area contributed by atoms with Gasteiger partial charge in [-0.1, -0.05) is 6.08 Å². The smallest absolute Gasteiger partial charge is 0.246 e. The van der Waals surface area contributed by atoms with Gasteiger partial charge in [-0.2, -0.15) is 0 Å². The van der Waals surface area contributed by atoms with Crippen LogP contribution in [0.5, 0.6) is 0 Å². The zero-order chi connectivity index (χ0) is 16.1. The van der Waals surface area contributed by atoms with E-state index in [9.17, 15) is 9.59 Å². The van der Waals surface area contributed by atoms with Crippen molar-refractivity contribution in [2.24, 2.45) is 5.92 Å². The van der Waals surface area contributed by atoms with Crippen LogP contribution in [0.4, 0.5) is 0 Å². The van der Waals surface area contributed by atoms with Crippen LogP contribution >= 0.6 is 12.4 Å². The van der Waals surface area contributed by atoms with E-state index < -0.39 is 5.54 Å². The van der Waals surface area contributed by atoms with Gasteiger partial charge in [-0.3, -0.25) is 9.59 Å². The molecular weight excluding hydrogens is 302 g/mol. The van der Waals surface area contributed by atoms with Gasteiger partial charge in [-0.15, -0.1) is 19.0 Å². The standard InChI is InChI=1S/C16H29N3O2.ClH/c1-6-7-9-16(18-12(2)20,13-8-10-17-11-13)14(21)19-15(3,4)5;/h6,13,17H,1,7-11H2,2-5H3,(H,18,20)(H,19,21);1H. The van der Waals surface area contributed by atoms with E-state index >= 15 is 0 Å². The molecule has 6 heteroatoms. The molecule has 1 rings (SSSR count). The molecule has 2 unspecified atom stereocenters. The lowest BCUT2D eigenvalue weighted by molar-refractivity contribution is -0.136. The lowest BCUT2D eigenvalue weighted by Crippen LogP contribution is -2.65. The molecule has 22 heavy (non-hydrogen) atoms. The fourth-order valence-electron chi connectivity index (χ4n) is 2.90. The van der Waals surface area contributed by atoms with Crippen LogP contribution in [0.1, 0.15) is 47.0 Å². The second kappa shape index (κ2) is 8.53. The fraction of sp³-hybridized carbons (Fsp3) is 0.750. The Labute approximate surface area is 140 Å². The van der Waals surface area contributed by atoms with Crippen molar-refractivity contribution >= 4 is 24.2 Å². The van der Waals surface area contributed by atoms with Crippen molar-refractivity contribution in [2.45, 2.75) is 58.0 Å². The Hall–Kier alpha value is -1.07. The van der Waals surface area contributed by atoms with Crippen LogP contribution in [0, 0.1) is 5.92 Å². The minimum Gasteiger partial charge on any atom is -0.349 e. The molecular formula is C16H30ClN3O2. The number of hydrogen-bond donors (Lipinski definition) is 3. The Morgan fingerprint density at radius 3 is 2.36 bits per heavy atom. The van der Waals surface area contributed by atoms with Gasteiger partial charge in [0, 0.05) is 24.9 Å². The minimum absolute atomic E-state index is 0. The maximum atomic E-state index is 12.9. The SMILES string of the molecule is C=CCCC(NC(C)=O)(C(=O)NC(C)(C)C)C1CCNC1.Cl. The first-order valence-corrected chi connectivity index (χ1v) is 7.64. The molecule has 2 atom stereocenters. The van der Waals surface area contributed by atoms with Crippen LogP contribution in [0.2, 0.25) is 0 Å². The van der Waals surface area contributed by atoms with Gasteiger partial charge in [0.05, 0.1) is 0 Å². The molecule has 5 nitrogen and oxygen atoms in total. The van der Waals surface area contributed by atoms with Crippen molar-refractivity contribution in [3.63, 3.8) is 0 Å². The Kier molecular flexibility index (Phi) is 8.12. The van der Waals surface area contributed by atoms with Crippen molar-refractivity contribution < 1.29 is 9.59 Å². The predicted molar refractivity (Wildman–Crippen MR) is 92.1 cm³/mol. The summed E-state index contributed by atoms with van der Waals surface area (Å²) in [4.78, 5) is 24.6. The van der Waals surface area contributed by atoms with Crippen molar-refractivity contribution in [3.05, 3.63) is 12.7 Å². The van der Waals surface area contributed by atoms with E-state index in [0.717, 1.165) is 19.5 Å². The molecule has 2 amide bonds. The molecule has 1 aliphatic heterocycles. The van der Waals surface area contributed by atoms with E-state index in [1.807, 2.05) is 20.8 Å². The quantitative estimate of drug-likeness (QED) is 0.650. The second-order valence-electron chi connectivity index (χ2n) is 6.87. The fourth-order valence-corrected chi connectivity index (χ4v) is 2.90. The molecule has 128 valence electrons. The van der Waals surface area contributed by atoms with E-state index in [4.69, 9.17) is 0 Å². The zero-order valence-electron chi connectivity index (χ0n) is 14.1. The van der Waals surface area contributed by atoms with Gasteiger partial charge in [0.2, 0.25) is 11.8 Å². The Balaban J connectivity index is 0.00000441. The maximum absolute atomic E-state index is 12.9. The van der Waals surface area contributed by atoms with Gasteiger partial charge in [-0.25, -0.2) is 0 Å². The predicted octanol–water partition coefficient (Wildman–Crippen LogP) is 1.77. The second-order valence-corrected chi connectivity index (χ2v) is 6.87. The molecule has 1 fully saturated rings. The maximum Gasteiger partial charge on any atom is 0.246 e. The van der Waals surface area contributed by atoms with Gasteiger partial charge in [0.25, 0.3) is 0 Å². The molecule has 0 bridgehead atoms. The Morgan fingerprint density at radius 1 is 1.32 bits per heavy atom. The van der Waals surface area contributed by atoms with Crippen molar-refractivity contribution in [2.75, 3.05) is 13.1 Å². The van der Waals surface area contributed by atoms with Crippen molar-refractivity contribution in [1.82, 2.24) is 16.0 Å². The third-order valence-corrected chi connectivity index (χ3v) is 3.79. The third-order valence-electron chi connectivity index (χ3n) is 3.79. The number of carbonyl (C=O) groups is 2. The summed E-state index contributed by atoms with van der Waals surface area (Å²) in [6, 6.07) is 0. The molecule has 1 aliphatic rings. The van der Waals surface area contributed by atoms with Crippen LogP contribution in [0.25, 0.3) is 0 Å². The number of carbonyl (C=O) groups excluding carboxylic acids is 2. The summed E-state index contributed by atoms with van der Waals surface area (Å²) in [6.45, 7) is 12.7. The Morgan fingerprint density at radius 2 is 1.95 bits per heavy atom. The van der Waals surface area contributed by atoms with Crippen LogP contribution in [0.15, 0.2) is 12.7 Å². The summed E-state index contributed by atoms with van der Waals surface area (Å²) < 4.78 is 0. The number of nitrogens with one attached hydrogen (secondary N) is 3. The highest BCUT2D eigenvalue weighted by atomic mass is 35.5. The summed E-state index contributed by atoms with van der Waals surface area (Å²) in [5, 5.41) is 9.28. The number of halogens is 1. The highest BCUT2D eigenvalue weighted by Gasteiger charge is 2.47. The van der Waals surface area contributed by atoms with E-state index in [-0.39, 0.29) is 35.7 Å². The molecule has 0 spiro atoms. The van der Waals surface area contributed by atoms with E-state index in [0.29, 0.717) is 12.8 Å². The van der Waals surface area contributed by atoms with Crippen LogP contribution in [0.3, 0.4) is 0 Å². The summed E-state index contributed by atoms with van der Waals surface area (Å²) in [5.41, 5.74) is -1.20. The first-order valence-electron chi connectivity index (χ1n) is 7.64. The van der Waals surface area contributed by atoms with E-state index in [1.54, 1.807) is 6.08 Å². The Bertz CT molecular complexity index is 401. The van der Waals surface area contributed by atoms with Crippen LogP contribution < -0.4 is 16.0 Å². The molecule has 1 heterocycles. The van der Waals surface area contributed by atoms with Crippen molar-refractivity contribution in [1.29, 1.82) is 0 Å². The van der Waals surface area contributed by atoms with Gasteiger partial charge in [-0.05, 0) is 46.6 Å². The lowest BCUT2D eigenvalue weighted by Gasteiger charge is -2.40. The average molecular weight is 332 g/mol. The molecule has 0 aliphatic carbocycles. The van der Waals surface area contributed by atoms with E-state index in [1.165, 1.54) is 6.92 Å². The first kappa shape index (κ1) is 20.9. The molecule has 1 saturated heterocycles. The summed E-state index contributed by atoms with van der Waals surface area (Å²) in [5.74, 6) is -0.167. The van der Waals surface area contributed by atoms with Crippen molar-refractivity contribution in [3.8, 4) is 0 Å². The zero-order valence-corrected chi connectivity index (χ0v) is 14.9. The largest absolute Gasteiger partial charge is 0.349 e. The van der Waals surface area contributed by atoms with Crippen LogP contribution in [-0.2, 0) is 9.59 Å². The van der Waals surface area contributed by atoms with Gasteiger partial charge in [0.1, 0.15) is 5.54 Å². The number of allylic oxidation sites excluding steroid dienone is 1. The minimum atomic E-state index is -0.864. The summed E-state index contributed by atoms with van der Waals surface area (Å²) >= 11 is 0. The van der Waals surface area contributed by atoms with Gasteiger partial charge < -0.3 is 16.0 Å². The first-order chi connectivity index (χ1) is 9.71. The highest BCUT2D eigenvalue weighted by molar-refractivity contribution is 5.91. The molecule has 0 aromatic rings. The molecule has 0 aromatic carbocycles. The molecule has 0 aromatic heterocycles. The number of rotatable bonds is 6.